The molecule has 2 saturated heterocycles. The summed E-state index contributed by atoms with van der Waals surface area (Å²) in [6.07, 6.45) is 9.16. The highest BCUT2D eigenvalue weighted by atomic mass is 16.6. The molecule has 1 aromatic heterocycles. The third kappa shape index (κ3) is 4.13. The summed E-state index contributed by atoms with van der Waals surface area (Å²) in [5.74, 6) is -2.66. The maximum atomic E-state index is 13.7. The first-order chi connectivity index (χ1) is 17.8. The lowest BCUT2D eigenvalue weighted by Crippen LogP contribution is -2.43. The number of rotatable bonds is 6. The molecule has 4 aliphatic rings. The zero-order chi connectivity index (χ0) is 25.7. The Morgan fingerprint density at radius 2 is 1.95 bits per heavy atom. The second-order valence-electron chi connectivity index (χ2n) is 10.8. The highest BCUT2D eigenvalue weighted by molar-refractivity contribution is 6.03. The van der Waals surface area contributed by atoms with E-state index in [4.69, 9.17) is 9.47 Å². The Labute approximate surface area is 216 Å². The normalized spacial score (nSPS) is 29.0. The average molecular weight is 502 g/mol. The van der Waals surface area contributed by atoms with Gasteiger partial charge in [-0.2, -0.15) is 0 Å². The Kier molecular flexibility index (Phi) is 5.87. The molecule has 8 nitrogen and oxygen atoms in total. The summed E-state index contributed by atoms with van der Waals surface area (Å²) in [7, 11) is 0. The van der Waals surface area contributed by atoms with Gasteiger partial charge in [0.05, 0.1) is 18.6 Å². The zero-order valence-corrected chi connectivity index (χ0v) is 21.1. The number of ether oxygens (including phenoxy) is 2. The van der Waals surface area contributed by atoms with E-state index in [0.717, 1.165) is 42.5 Å². The molecule has 192 valence electrons. The van der Waals surface area contributed by atoms with E-state index in [1.54, 1.807) is 23.2 Å². The van der Waals surface area contributed by atoms with Crippen LogP contribution >= 0.6 is 0 Å². The summed E-state index contributed by atoms with van der Waals surface area (Å²) in [5.41, 5.74) is 2.53. The third-order valence-corrected chi connectivity index (χ3v) is 8.05. The monoisotopic (exact) mass is 501 g/mol. The molecule has 8 heteroatoms. The predicted molar refractivity (Wildman–Crippen MR) is 135 cm³/mol. The number of aromatic nitrogens is 1. The first-order valence-corrected chi connectivity index (χ1v) is 13.0. The van der Waals surface area contributed by atoms with Crippen molar-refractivity contribution in [1.29, 1.82) is 0 Å². The van der Waals surface area contributed by atoms with E-state index in [9.17, 15) is 14.4 Å². The molecule has 1 spiro atoms. The number of nitrogens with zero attached hydrogens (tertiary/aromatic N) is 2. The molecule has 0 unspecified atom stereocenters. The van der Waals surface area contributed by atoms with Crippen LogP contribution in [-0.4, -0.2) is 47.1 Å². The second kappa shape index (κ2) is 9.10. The van der Waals surface area contributed by atoms with Crippen LogP contribution in [0.2, 0.25) is 0 Å². The minimum Gasteiger partial charge on any atom is -0.447 e. The van der Waals surface area contributed by atoms with Gasteiger partial charge in [0.2, 0.25) is 12.0 Å². The number of pyridine rings is 1. The van der Waals surface area contributed by atoms with Crippen molar-refractivity contribution >= 4 is 23.5 Å². The van der Waals surface area contributed by atoms with Crippen molar-refractivity contribution in [1.82, 2.24) is 10.3 Å². The van der Waals surface area contributed by atoms with Crippen molar-refractivity contribution in [2.75, 3.05) is 11.4 Å². The number of amides is 2. The van der Waals surface area contributed by atoms with E-state index in [0.29, 0.717) is 12.1 Å². The smallest absolute Gasteiger partial charge is 0.314 e. The Morgan fingerprint density at radius 1 is 1.19 bits per heavy atom. The average Bonchev–Trinajstić information content (AvgIpc) is 3.65. The van der Waals surface area contributed by atoms with E-state index in [1.807, 2.05) is 38.1 Å². The number of anilines is 1. The highest BCUT2D eigenvalue weighted by Crippen LogP contribution is 2.53. The molecule has 3 fully saturated rings. The van der Waals surface area contributed by atoms with Gasteiger partial charge in [-0.1, -0.05) is 37.1 Å². The second-order valence-corrected chi connectivity index (χ2v) is 10.8. The highest BCUT2D eigenvalue weighted by Gasteiger charge is 2.67. The van der Waals surface area contributed by atoms with Crippen molar-refractivity contribution in [3.05, 3.63) is 71.6 Å². The number of fused-ring (bicyclic) bond motifs is 1. The Morgan fingerprint density at radius 3 is 2.65 bits per heavy atom. The van der Waals surface area contributed by atoms with Crippen molar-refractivity contribution in [3.63, 3.8) is 0 Å². The molecule has 37 heavy (non-hydrogen) atoms. The van der Waals surface area contributed by atoms with Gasteiger partial charge in [0.15, 0.2) is 0 Å². The summed E-state index contributed by atoms with van der Waals surface area (Å²) in [6.45, 7) is 4.32. The van der Waals surface area contributed by atoms with Gasteiger partial charge in [-0.15, -0.1) is 0 Å². The Hall–Kier alpha value is -3.52. The van der Waals surface area contributed by atoms with Crippen LogP contribution in [0.1, 0.15) is 48.5 Å². The molecule has 1 aromatic carbocycles. The zero-order valence-electron chi connectivity index (χ0n) is 21.1. The van der Waals surface area contributed by atoms with E-state index in [2.05, 4.69) is 16.4 Å². The van der Waals surface area contributed by atoms with E-state index in [1.165, 1.54) is 6.20 Å². The molecule has 1 saturated carbocycles. The topological polar surface area (TPSA) is 97.8 Å². The summed E-state index contributed by atoms with van der Waals surface area (Å²) < 4.78 is 12.2. The van der Waals surface area contributed by atoms with Gasteiger partial charge < -0.3 is 19.7 Å². The van der Waals surface area contributed by atoms with Gasteiger partial charge in [-0.05, 0) is 56.0 Å². The van der Waals surface area contributed by atoms with Crippen LogP contribution in [0.5, 0.6) is 0 Å². The quantitative estimate of drug-likeness (QED) is 0.482. The number of carbonyl (C=O) groups is 3. The van der Waals surface area contributed by atoms with Gasteiger partial charge in [0, 0.05) is 29.7 Å². The number of carbonyl (C=O) groups excluding carboxylic acids is 3. The van der Waals surface area contributed by atoms with Crippen molar-refractivity contribution in [2.24, 2.45) is 11.8 Å². The Balaban J connectivity index is 1.26. The molecule has 2 bridgehead atoms. The predicted octanol–water partition coefficient (Wildman–Crippen LogP) is 3.33. The molecule has 5 atom stereocenters. The van der Waals surface area contributed by atoms with Crippen molar-refractivity contribution in [3.8, 4) is 0 Å². The lowest BCUT2D eigenvalue weighted by molar-refractivity contribution is -0.163. The fourth-order valence-corrected chi connectivity index (χ4v) is 6.44. The van der Waals surface area contributed by atoms with Gasteiger partial charge in [0.25, 0.3) is 5.91 Å². The maximum Gasteiger partial charge on any atom is 0.314 e. The number of nitrogens with one attached hydrogen (secondary N) is 1. The molecule has 1 N–H and O–H groups in total. The van der Waals surface area contributed by atoms with Crippen LogP contribution in [0.4, 0.5) is 5.69 Å². The van der Waals surface area contributed by atoms with Gasteiger partial charge >= 0.3 is 5.97 Å². The van der Waals surface area contributed by atoms with Crippen LogP contribution in [0.15, 0.2) is 54.9 Å². The number of benzene rings is 1. The molecule has 3 aliphatic heterocycles. The number of aryl methyl sites for hydroxylation is 2. The largest absolute Gasteiger partial charge is 0.447 e. The van der Waals surface area contributed by atoms with Crippen molar-refractivity contribution in [2.45, 2.75) is 63.4 Å². The molecule has 1 aliphatic carbocycles. The van der Waals surface area contributed by atoms with E-state index < -0.39 is 35.6 Å². The molecule has 4 heterocycles. The number of hydrogen-bond acceptors (Lipinski definition) is 6. The van der Waals surface area contributed by atoms with E-state index in [-0.39, 0.29) is 17.9 Å². The van der Waals surface area contributed by atoms with Crippen LogP contribution in [0, 0.1) is 25.7 Å². The molecule has 2 aromatic rings. The van der Waals surface area contributed by atoms with Gasteiger partial charge in [-0.25, -0.2) is 0 Å². The van der Waals surface area contributed by atoms with Crippen LogP contribution in [-0.2, 0) is 23.9 Å². The summed E-state index contributed by atoms with van der Waals surface area (Å²) in [4.78, 5) is 46.5. The number of esters is 1. The fraction of sp³-hybridized carbons (Fsp3) is 0.448. The van der Waals surface area contributed by atoms with Gasteiger partial charge in [-0.3, -0.25) is 19.4 Å². The number of hydrogen-bond donors (Lipinski definition) is 1. The summed E-state index contributed by atoms with van der Waals surface area (Å²) in [6, 6.07) is 9.50. The maximum absolute atomic E-state index is 13.7. The third-order valence-electron chi connectivity index (χ3n) is 8.05. The van der Waals surface area contributed by atoms with Crippen molar-refractivity contribution < 1.29 is 23.9 Å². The fourth-order valence-electron chi connectivity index (χ4n) is 6.44. The molecule has 6 rings (SSSR count). The summed E-state index contributed by atoms with van der Waals surface area (Å²) in [5, 5.41) is 3.04. The standard InChI is InChI=1S/C29H31N3O5/c1-17-12-18(2)14-21(13-17)32-16-29-10-9-22(37-29)23(24(29)27(32)34)28(35)36-25(19-6-5-11-30-15-19)26(33)31-20-7-3-4-8-20/h5-6,9-15,20,22-25H,3-4,7-8,16H2,1-2H3,(H,31,33)/t22-,23+,24-,25-,29-/m1/s1. The summed E-state index contributed by atoms with van der Waals surface area (Å²) >= 11 is 0. The lowest BCUT2D eigenvalue weighted by atomic mass is 9.77. The van der Waals surface area contributed by atoms with Crippen LogP contribution in [0.3, 0.4) is 0 Å². The first kappa shape index (κ1) is 23.9. The lowest BCUT2D eigenvalue weighted by Gasteiger charge is -2.26. The molecule has 2 amide bonds. The minimum atomic E-state index is -1.15. The van der Waals surface area contributed by atoms with Gasteiger partial charge in [0.1, 0.15) is 11.5 Å². The first-order valence-electron chi connectivity index (χ1n) is 13.0. The molecular weight excluding hydrogens is 470 g/mol. The molecule has 0 radical (unpaired) electrons. The SMILES string of the molecule is Cc1cc(C)cc(N2C[C@@]34C=C[C@@H](O3)[C@H](C(=O)O[C@@H](C(=O)NC3CCCC3)c3cccnc3)[C@@H]4C2=O)c1. The molecular formula is C29H31N3O5. The van der Waals surface area contributed by atoms with Crippen LogP contribution in [0.25, 0.3) is 0 Å². The minimum absolute atomic E-state index is 0.0742. The Bertz CT molecular complexity index is 1250. The van der Waals surface area contributed by atoms with E-state index >= 15 is 0 Å². The van der Waals surface area contributed by atoms with Crippen LogP contribution < -0.4 is 10.2 Å².